The van der Waals surface area contributed by atoms with Crippen molar-refractivity contribution in [3.63, 3.8) is 0 Å². The zero-order chi connectivity index (χ0) is 18.7. The highest BCUT2D eigenvalue weighted by molar-refractivity contribution is 8.26. The largest absolute Gasteiger partial charge is 0.548 e. The number of thiocarbonyl (C=S) groups is 1. The van der Waals surface area contributed by atoms with Gasteiger partial charge in [0, 0.05) is 0 Å². The second kappa shape index (κ2) is 7.88. The summed E-state index contributed by atoms with van der Waals surface area (Å²) < 4.78 is 5.50. The first kappa shape index (κ1) is 19.3. The molecule has 6 nitrogen and oxygen atoms in total. The Morgan fingerprint density at radius 3 is 2.72 bits per heavy atom. The van der Waals surface area contributed by atoms with Crippen LogP contribution in [-0.2, 0) is 9.59 Å². The molecule has 1 fully saturated rings. The van der Waals surface area contributed by atoms with Crippen molar-refractivity contribution < 1.29 is 24.5 Å². The molecular weight excluding hydrogens is 362 g/mol. The monoisotopic (exact) mass is 380 g/mol. The van der Waals surface area contributed by atoms with E-state index >= 15 is 0 Å². The molecule has 1 heterocycles. The van der Waals surface area contributed by atoms with Crippen molar-refractivity contribution in [2.45, 2.75) is 26.8 Å². The van der Waals surface area contributed by atoms with Gasteiger partial charge in [-0.25, -0.2) is 0 Å². The van der Waals surface area contributed by atoms with Crippen molar-refractivity contribution in [1.29, 1.82) is 0 Å². The molecule has 1 aromatic rings. The Morgan fingerprint density at radius 1 is 1.48 bits per heavy atom. The Bertz CT molecular complexity index is 745. The highest BCUT2D eigenvalue weighted by Crippen LogP contribution is 2.36. The number of carboxylic acid groups (broad SMARTS) is 1. The molecule has 0 bridgehead atoms. The molecule has 1 aliphatic heterocycles. The zero-order valence-electron chi connectivity index (χ0n) is 14.0. The maximum absolute atomic E-state index is 12.6. The third-order valence-electron chi connectivity index (χ3n) is 3.56. The van der Waals surface area contributed by atoms with Crippen LogP contribution in [0.25, 0.3) is 6.08 Å². The lowest BCUT2D eigenvalue weighted by atomic mass is 10.0. The summed E-state index contributed by atoms with van der Waals surface area (Å²) in [5, 5.41) is 21.1. The van der Waals surface area contributed by atoms with E-state index in [1.165, 1.54) is 6.07 Å². The fraction of sp³-hybridized carbons (Fsp3) is 0.353. The number of aliphatic carboxylic acids is 1. The first-order chi connectivity index (χ1) is 11.8. The van der Waals surface area contributed by atoms with Crippen molar-refractivity contribution in [2.75, 3.05) is 6.61 Å². The van der Waals surface area contributed by atoms with E-state index in [4.69, 9.17) is 17.0 Å². The van der Waals surface area contributed by atoms with Gasteiger partial charge in [0.05, 0.1) is 23.5 Å². The van der Waals surface area contributed by atoms with Gasteiger partial charge in [-0.3, -0.25) is 9.69 Å². The van der Waals surface area contributed by atoms with Crippen molar-refractivity contribution in [1.82, 2.24) is 4.90 Å². The number of rotatable bonds is 6. The summed E-state index contributed by atoms with van der Waals surface area (Å²) in [6.07, 6.45) is 1.59. The number of aromatic hydroxyl groups is 1. The number of nitrogens with zero attached hydrogens (tertiary/aromatic N) is 1. The molecule has 0 aliphatic carbocycles. The molecule has 25 heavy (non-hydrogen) atoms. The number of phenols is 1. The Morgan fingerprint density at radius 2 is 2.16 bits per heavy atom. The lowest BCUT2D eigenvalue weighted by Crippen LogP contribution is -2.52. The standard InChI is InChI=1S/C17H19NO5S2/c1-4-23-12-7-10(5-6-11(12)19)8-13-15(20)18(17(24)25-13)14(9(2)3)16(21)22/h5-9,14,19H,4H2,1-3H3,(H,21,22)/p-1/b13-8-/t14-/m0/s1. The van der Waals surface area contributed by atoms with Crippen LogP contribution in [0.2, 0.25) is 0 Å². The van der Waals surface area contributed by atoms with Gasteiger partial charge in [-0.15, -0.1) is 0 Å². The normalized spacial score (nSPS) is 17.4. The Labute approximate surface area is 155 Å². The van der Waals surface area contributed by atoms with Gasteiger partial charge in [0.1, 0.15) is 4.32 Å². The fourth-order valence-electron chi connectivity index (χ4n) is 2.44. The second-order valence-corrected chi connectivity index (χ2v) is 7.40. The number of carbonyl (C=O) groups is 2. The van der Waals surface area contributed by atoms with Crippen LogP contribution in [0.3, 0.4) is 0 Å². The van der Waals surface area contributed by atoms with Crippen molar-refractivity contribution >= 4 is 46.3 Å². The number of phenolic OH excluding ortho intramolecular Hbond substituents is 1. The van der Waals surface area contributed by atoms with Crippen LogP contribution in [0.4, 0.5) is 0 Å². The molecule has 134 valence electrons. The average Bonchev–Trinajstić information content (AvgIpc) is 2.78. The molecule has 1 aromatic carbocycles. The maximum atomic E-state index is 12.6. The number of carbonyl (C=O) groups excluding carboxylic acids is 2. The fourth-order valence-corrected chi connectivity index (χ4v) is 3.77. The number of carboxylic acids is 1. The van der Waals surface area contributed by atoms with Crippen LogP contribution in [-0.4, -0.2) is 38.9 Å². The van der Waals surface area contributed by atoms with Crippen LogP contribution in [0.5, 0.6) is 11.5 Å². The van der Waals surface area contributed by atoms with Crippen molar-refractivity contribution in [3.05, 3.63) is 28.7 Å². The summed E-state index contributed by atoms with van der Waals surface area (Å²) in [5.74, 6) is -1.84. The molecule has 1 amide bonds. The topological polar surface area (TPSA) is 89.9 Å². The van der Waals surface area contributed by atoms with Gasteiger partial charge >= 0.3 is 0 Å². The summed E-state index contributed by atoms with van der Waals surface area (Å²) in [7, 11) is 0. The molecule has 2 rings (SSSR count). The van der Waals surface area contributed by atoms with E-state index in [2.05, 4.69) is 0 Å². The predicted octanol–water partition coefficient (Wildman–Crippen LogP) is 1.77. The first-order valence-electron chi connectivity index (χ1n) is 7.70. The molecule has 8 heteroatoms. The SMILES string of the molecule is CCOc1cc(/C=C2\SC(=S)N([C@H](C(=O)[O-])C(C)C)C2=O)ccc1O. The van der Waals surface area contributed by atoms with Crippen LogP contribution >= 0.6 is 24.0 Å². The number of ether oxygens (including phenoxy) is 1. The van der Waals surface area contributed by atoms with Crippen molar-refractivity contribution in [3.8, 4) is 11.5 Å². The van der Waals surface area contributed by atoms with Gasteiger partial charge in [-0.1, -0.05) is 43.9 Å². The highest BCUT2D eigenvalue weighted by atomic mass is 32.2. The van der Waals surface area contributed by atoms with Gasteiger partial charge in [0.25, 0.3) is 5.91 Å². The van der Waals surface area contributed by atoms with Gasteiger partial charge in [0.15, 0.2) is 11.5 Å². The molecule has 0 aromatic heterocycles. The van der Waals surface area contributed by atoms with Crippen LogP contribution in [0.1, 0.15) is 26.3 Å². The second-order valence-electron chi connectivity index (χ2n) is 5.72. The molecule has 1 atom stereocenters. The highest BCUT2D eigenvalue weighted by Gasteiger charge is 2.39. The smallest absolute Gasteiger partial charge is 0.266 e. The minimum absolute atomic E-state index is 0.00312. The van der Waals surface area contributed by atoms with E-state index in [9.17, 15) is 19.8 Å². The number of thioether (sulfide) groups is 1. The lowest BCUT2D eigenvalue weighted by molar-refractivity contribution is -0.311. The predicted molar refractivity (Wildman–Crippen MR) is 97.9 cm³/mol. The Balaban J connectivity index is 2.34. The van der Waals surface area contributed by atoms with Crippen molar-refractivity contribution in [2.24, 2.45) is 5.92 Å². The minimum Gasteiger partial charge on any atom is -0.548 e. The number of amides is 1. The van der Waals surface area contributed by atoms with E-state index in [0.717, 1.165) is 16.7 Å². The van der Waals surface area contributed by atoms with Gasteiger partial charge in [0.2, 0.25) is 0 Å². The quantitative estimate of drug-likeness (QED) is 0.594. The lowest BCUT2D eigenvalue weighted by Gasteiger charge is -2.30. The van der Waals surface area contributed by atoms with Gasteiger partial charge < -0.3 is 19.7 Å². The molecule has 0 radical (unpaired) electrons. The van der Waals surface area contributed by atoms with Crippen LogP contribution < -0.4 is 9.84 Å². The molecule has 1 aliphatic rings. The molecule has 0 unspecified atom stereocenters. The van der Waals surface area contributed by atoms with E-state index in [1.54, 1.807) is 39.0 Å². The van der Waals surface area contributed by atoms with E-state index in [-0.39, 0.29) is 16.0 Å². The Kier molecular flexibility index (Phi) is 6.07. The summed E-state index contributed by atoms with van der Waals surface area (Å²) in [6.45, 7) is 5.57. The first-order valence-corrected chi connectivity index (χ1v) is 8.92. The number of hydrogen-bond acceptors (Lipinski definition) is 7. The summed E-state index contributed by atoms with van der Waals surface area (Å²) in [6, 6.07) is 3.58. The van der Waals surface area contributed by atoms with Crippen LogP contribution in [0.15, 0.2) is 23.1 Å². The van der Waals surface area contributed by atoms with Gasteiger partial charge in [-0.2, -0.15) is 0 Å². The Hall–Kier alpha value is -2.06. The zero-order valence-corrected chi connectivity index (χ0v) is 15.6. The molecule has 1 N–H and O–H groups in total. The third kappa shape index (κ3) is 4.13. The molecule has 1 saturated heterocycles. The molecule has 0 spiro atoms. The van der Waals surface area contributed by atoms with E-state index in [1.807, 2.05) is 0 Å². The van der Waals surface area contributed by atoms with Gasteiger partial charge in [-0.05, 0) is 36.6 Å². The molecule has 0 saturated carbocycles. The summed E-state index contributed by atoms with van der Waals surface area (Å²) in [5.41, 5.74) is 0.635. The summed E-state index contributed by atoms with van der Waals surface area (Å²) >= 11 is 6.22. The third-order valence-corrected chi connectivity index (χ3v) is 4.89. The molecular formula is C17H18NO5S2-. The van der Waals surface area contributed by atoms with E-state index < -0.39 is 17.9 Å². The minimum atomic E-state index is -1.34. The number of benzene rings is 1. The summed E-state index contributed by atoms with van der Waals surface area (Å²) in [4.78, 5) is 25.4. The maximum Gasteiger partial charge on any atom is 0.266 e. The van der Waals surface area contributed by atoms with Crippen LogP contribution in [0, 0.1) is 5.92 Å². The van der Waals surface area contributed by atoms with E-state index in [0.29, 0.717) is 22.8 Å². The number of hydrogen-bond donors (Lipinski definition) is 1. The average molecular weight is 380 g/mol.